The van der Waals surface area contributed by atoms with Gasteiger partial charge in [0.05, 0.1) is 0 Å². The van der Waals surface area contributed by atoms with E-state index in [2.05, 4.69) is 8.92 Å². The van der Waals surface area contributed by atoms with Crippen LogP contribution in [0.5, 0.6) is 5.75 Å². The molecule has 96 valence electrons. The standard InChI is InChI=1S/C8H6F3IO4S/c9-8(10,11)17(13,14)16-5-15-7-3-1-6(12)2-4-7/h1-4H,5H2. The average Bonchev–Trinajstić information content (AvgIpc) is 2.19. The van der Waals surface area contributed by atoms with Gasteiger partial charge in [0.2, 0.25) is 6.79 Å². The summed E-state index contributed by atoms with van der Waals surface area (Å²) in [7, 11) is -5.60. The van der Waals surface area contributed by atoms with Crippen LogP contribution in [0.4, 0.5) is 13.2 Å². The van der Waals surface area contributed by atoms with Crippen LogP contribution in [0.2, 0.25) is 0 Å². The van der Waals surface area contributed by atoms with E-state index in [-0.39, 0.29) is 5.75 Å². The molecule has 0 aromatic heterocycles. The highest BCUT2D eigenvalue weighted by Crippen LogP contribution is 2.24. The SMILES string of the molecule is O=S(=O)(OCOc1ccc(I)cc1)C(F)(F)F. The third-order valence-electron chi connectivity index (χ3n) is 1.53. The molecule has 1 aromatic rings. The zero-order chi connectivity index (χ0) is 13.1. The minimum atomic E-state index is -5.60. The van der Waals surface area contributed by atoms with Crippen molar-refractivity contribution < 1.29 is 30.5 Å². The molecular formula is C8H6F3IO4S. The predicted octanol–water partition coefficient (Wildman–Crippen LogP) is 2.49. The molecule has 0 aliphatic carbocycles. The Hall–Kier alpha value is -0.550. The summed E-state index contributed by atoms with van der Waals surface area (Å²) in [5.41, 5.74) is -5.44. The van der Waals surface area contributed by atoms with E-state index in [1.54, 1.807) is 12.1 Å². The van der Waals surface area contributed by atoms with Crippen LogP contribution in [-0.4, -0.2) is 20.7 Å². The summed E-state index contributed by atoms with van der Waals surface area (Å²) in [5.74, 6) is 0.211. The smallest absolute Gasteiger partial charge is 0.466 e. The van der Waals surface area contributed by atoms with Crippen molar-refractivity contribution in [2.75, 3.05) is 6.79 Å². The van der Waals surface area contributed by atoms with Crippen LogP contribution in [0.1, 0.15) is 0 Å². The van der Waals surface area contributed by atoms with Gasteiger partial charge in [0.25, 0.3) is 0 Å². The molecule has 1 aromatic carbocycles. The van der Waals surface area contributed by atoms with Gasteiger partial charge in [-0.25, -0.2) is 4.18 Å². The van der Waals surface area contributed by atoms with E-state index >= 15 is 0 Å². The fraction of sp³-hybridized carbons (Fsp3) is 0.250. The second-order valence-electron chi connectivity index (χ2n) is 2.73. The fourth-order valence-electron chi connectivity index (χ4n) is 0.753. The summed E-state index contributed by atoms with van der Waals surface area (Å²) in [6.07, 6.45) is 0. The zero-order valence-corrected chi connectivity index (χ0v) is 11.0. The highest BCUT2D eigenvalue weighted by atomic mass is 127. The lowest BCUT2D eigenvalue weighted by molar-refractivity contribution is -0.0588. The monoisotopic (exact) mass is 382 g/mol. The van der Waals surface area contributed by atoms with Crippen molar-refractivity contribution in [2.45, 2.75) is 5.51 Å². The third kappa shape index (κ3) is 4.32. The normalized spacial score (nSPS) is 12.5. The Bertz CT molecular complexity index is 469. The molecule has 0 aliphatic heterocycles. The molecule has 4 nitrogen and oxygen atoms in total. The van der Waals surface area contributed by atoms with Gasteiger partial charge in [0.1, 0.15) is 5.75 Å². The molecule has 0 saturated heterocycles. The Morgan fingerprint density at radius 2 is 1.71 bits per heavy atom. The van der Waals surface area contributed by atoms with Crippen molar-refractivity contribution in [3.63, 3.8) is 0 Å². The summed E-state index contributed by atoms with van der Waals surface area (Å²) in [5, 5.41) is 0. The van der Waals surface area contributed by atoms with Gasteiger partial charge in [-0.1, -0.05) is 0 Å². The topological polar surface area (TPSA) is 52.6 Å². The molecule has 1 rings (SSSR count). The number of rotatable bonds is 4. The lowest BCUT2D eigenvalue weighted by Crippen LogP contribution is -2.27. The van der Waals surface area contributed by atoms with Gasteiger partial charge in [-0.2, -0.15) is 21.6 Å². The number of benzene rings is 1. The minimum absolute atomic E-state index is 0.211. The van der Waals surface area contributed by atoms with Crippen LogP contribution < -0.4 is 4.74 Å². The molecule has 0 atom stereocenters. The van der Waals surface area contributed by atoms with Crippen LogP contribution in [0, 0.1) is 3.57 Å². The van der Waals surface area contributed by atoms with Crippen molar-refractivity contribution in [1.29, 1.82) is 0 Å². The van der Waals surface area contributed by atoms with Gasteiger partial charge in [0, 0.05) is 3.57 Å². The molecule has 0 spiro atoms. The van der Waals surface area contributed by atoms with Crippen LogP contribution in [0.15, 0.2) is 24.3 Å². The maximum Gasteiger partial charge on any atom is 0.523 e. The Kier molecular flexibility index (Phi) is 4.61. The van der Waals surface area contributed by atoms with Crippen molar-refractivity contribution in [3.05, 3.63) is 27.8 Å². The van der Waals surface area contributed by atoms with Gasteiger partial charge in [-0.05, 0) is 46.9 Å². The van der Waals surface area contributed by atoms with Crippen LogP contribution in [-0.2, 0) is 14.3 Å². The van der Waals surface area contributed by atoms with E-state index < -0.39 is 22.4 Å². The Balaban J connectivity index is 2.52. The first-order chi connectivity index (χ1) is 7.72. The predicted molar refractivity (Wildman–Crippen MR) is 60.7 cm³/mol. The highest BCUT2D eigenvalue weighted by Gasteiger charge is 2.47. The molecule has 0 unspecified atom stereocenters. The summed E-state index contributed by atoms with van der Waals surface area (Å²) >= 11 is 2.03. The zero-order valence-electron chi connectivity index (χ0n) is 8.07. The maximum atomic E-state index is 11.8. The molecule has 0 amide bonds. The summed E-state index contributed by atoms with van der Waals surface area (Å²) in [6.45, 7) is -1.03. The van der Waals surface area contributed by atoms with Crippen LogP contribution in [0.3, 0.4) is 0 Å². The molecule has 0 bridgehead atoms. The Morgan fingerprint density at radius 3 is 2.18 bits per heavy atom. The molecule has 0 fully saturated rings. The van der Waals surface area contributed by atoms with Crippen LogP contribution >= 0.6 is 22.6 Å². The first kappa shape index (κ1) is 14.5. The quantitative estimate of drug-likeness (QED) is 0.348. The number of ether oxygens (including phenoxy) is 1. The second-order valence-corrected chi connectivity index (χ2v) is 5.59. The summed E-state index contributed by atoms with van der Waals surface area (Å²) < 4.78 is 65.7. The first-order valence-electron chi connectivity index (χ1n) is 4.06. The van der Waals surface area contributed by atoms with Gasteiger partial charge in [-0.15, -0.1) is 0 Å². The molecule has 0 aliphatic rings. The molecule has 9 heteroatoms. The minimum Gasteiger partial charge on any atom is -0.466 e. The van der Waals surface area contributed by atoms with Gasteiger partial charge in [0.15, 0.2) is 0 Å². The Morgan fingerprint density at radius 1 is 1.18 bits per heavy atom. The van der Waals surface area contributed by atoms with Crippen molar-refractivity contribution in [2.24, 2.45) is 0 Å². The lowest BCUT2D eigenvalue weighted by Gasteiger charge is -2.09. The van der Waals surface area contributed by atoms with E-state index in [0.717, 1.165) is 3.57 Å². The van der Waals surface area contributed by atoms with Gasteiger partial charge < -0.3 is 4.74 Å². The molecule has 0 saturated carbocycles. The fourth-order valence-corrected chi connectivity index (χ4v) is 1.42. The average molecular weight is 382 g/mol. The third-order valence-corrected chi connectivity index (χ3v) is 3.22. The van der Waals surface area contributed by atoms with Gasteiger partial charge >= 0.3 is 15.6 Å². The van der Waals surface area contributed by atoms with Crippen LogP contribution in [0.25, 0.3) is 0 Å². The molecule has 0 N–H and O–H groups in total. The van der Waals surface area contributed by atoms with Crippen molar-refractivity contribution >= 4 is 32.7 Å². The molecule has 0 radical (unpaired) electrons. The second kappa shape index (κ2) is 5.40. The lowest BCUT2D eigenvalue weighted by atomic mass is 10.3. The summed E-state index contributed by atoms with van der Waals surface area (Å²) in [6, 6.07) is 6.25. The number of hydrogen-bond donors (Lipinski definition) is 0. The van der Waals surface area contributed by atoms with E-state index in [1.165, 1.54) is 12.1 Å². The Labute approximate surface area is 109 Å². The number of hydrogen-bond acceptors (Lipinski definition) is 4. The van der Waals surface area contributed by atoms with E-state index in [9.17, 15) is 21.6 Å². The summed E-state index contributed by atoms with van der Waals surface area (Å²) in [4.78, 5) is 0. The number of halogens is 4. The van der Waals surface area contributed by atoms with Crippen molar-refractivity contribution in [3.8, 4) is 5.75 Å². The molecular weight excluding hydrogens is 376 g/mol. The molecule has 17 heavy (non-hydrogen) atoms. The highest BCUT2D eigenvalue weighted by molar-refractivity contribution is 14.1. The molecule has 0 heterocycles. The van der Waals surface area contributed by atoms with Crippen molar-refractivity contribution in [1.82, 2.24) is 0 Å². The van der Waals surface area contributed by atoms with E-state index in [4.69, 9.17) is 0 Å². The first-order valence-corrected chi connectivity index (χ1v) is 6.55. The maximum absolute atomic E-state index is 11.8. The number of alkyl halides is 3. The van der Waals surface area contributed by atoms with E-state index in [0.29, 0.717) is 0 Å². The van der Waals surface area contributed by atoms with E-state index in [1.807, 2.05) is 22.6 Å². The largest absolute Gasteiger partial charge is 0.523 e. The van der Waals surface area contributed by atoms with Gasteiger partial charge in [-0.3, -0.25) is 0 Å².